The Labute approximate surface area is 208 Å². The summed E-state index contributed by atoms with van der Waals surface area (Å²) < 4.78 is 20.4. The first kappa shape index (κ1) is 22.8. The number of benzene rings is 2. The molecule has 4 heterocycles. The standard InChI is InChI=1S/C26H28ClFN4O3/c27-17-1-4-22-20(11-17)26(24(34)30-22)5-7-31(8-6-26)9-10-35-18-2-3-19(21(28)12-18)23(33)32-15-25(16-32)13-29-14-25/h1-4,11-12,29H,5-10,13-16H2,(H,30,34). The van der Waals surface area contributed by atoms with Gasteiger partial charge < -0.3 is 20.3 Å². The van der Waals surface area contributed by atoms with Crippen LogP contribution in [0.2, 0.25) is 5.02 Å². The molecule has 2 amide bonds. The number of rotatable bonds is 5. The van der Waals surface area contributed by atoms with Gasteiger partial charge in [0, 0.05) is 54.9 Å². The van der Waals surface area contributed by atoms with Crippen molar-refractivity contribution in [2.45, 2.75) is 18.3 Å². The van der Waals surface area contributed by atoms with Crippen molar-refractivity contribution in [3.05, 3.63) is 58.4 Å². The van der Waals surface area contributed by atoms with E-state index in [0.29, 0.717) is 49.9 Å². The van der Waals surface area contributed by atoms with Crippen molar-refractivity contribution in [2.75, 3.05) is 57.7 Å². The van der Waals surface area contributed by atoms with Gasteiger partial charge in [-0.1, -0.05) is 11.6 Å². The van der Waals surface area contributed by atoms with E-state index in [1.807, 2.05) is 12.1 Å². The van der Waals surface area contributed by atoms with Crippen molar-refractivity contribution in [2.24, 2.45) is 5.41 Å². The number of hydrogen-bond acceptors (Lipinski definition) is 5. The molecule has 6 rings (SSSR count). The lowest BCUT2D eigenvalue weighted by molar-refractivity contribution is -0.122. The Morgan fingerprint density at radius 1 is 1.11 bits per heavy atom. The molecule has 0 bridgehead atoms. The van der Waals surface area contributed by atoms with Crippen LogP contribution in [0.25, 0.3) is 0 Å². The molecule has 0 saturated carbocycles. The lowest BCUT2D eigenvalue weighted by Gasteiger charge is -2.56. The summed E-state index contributed by atoms with van der Waals surface area (Å²) in [5.41, 5.74) is 1.63. The molecule has 4 aliphatic rings. The average molecular weight is 499 g/mol. The molecule has 2 spiro atoms. The SMILES string of the molecule is O=C(c1ccc(OCCN2CCC3(CC2)C(=O)Nc2ccc(Cl)cc23)cc1F)N1CC2(CNC2)C1. The summed E-state index contributed by atoms with van der Waals surface area (Å²) >= 11 is 6.20. The lowest BCUT2D eigenvalue weighted by atomic mass is 9.73. The predicted octanol–water partition coefficient (Wildman–Crippen LogP) is 2.89. The van der Waals surface area contributed by atoms with E-state index in [2.05, 4.69) is 15.5 Å². The summed E-state index contributed by atoms with van der Waals surface area (Å²) in [5.74, 6) is -0.347. The van der Waals surface area contributed by atoms with Gasteiger partial charge in [-0.3, -0.25) is 14.5 Å². The Kier molecular flexibility index (Phi) is 5.51. The second kappa shape index (κ2) is 8.47. The zero-order valence-corrected chi connectivity index (χ0v) is 20.2. The summed E-state index contributed by atoms with van der Waals surface area (Å²) in [4.78, 5) is 29.4. The molecule has 9 heteroatoms. The van der Waals surface area contributed by atoms with Crippen molar-refractivity contribution >= 4 is 29.1 Å². The zero-order chi connectivity index (χ0) is 24.2. The Morgan fingerprint density at radius 2 is 1.89 bits per heavy atom. The third-order valence-corrected chi connectivity index (χ3v) is 8.31. The zero-order valence-electron chi connectivity index (χ0n) is 19.4. The summed E-state index contributed by atoms with van der Waals surface area (Å²) in [6.07, 6.45) is 1.43. The highest BCUT2D eigenvalue weighted by molar-refractivity contribution is 6.31. The van der Waals surface area contributed by atoms with E-state index in [-0.39, 0.29) is 22.8 Å². The highest BCUT2D eigenvalue weighted by Crippen LogP contribution is 2.45. The van der Waals surface area contributed by atoms with Crippen LogP contribution in [0.3, 0.4) is 0 Å². The molecule has 4 aliphatic heterocycles. The van der Waals surface area contributed by atoms with E-state index in [0.717, 1.165) is 37.4 Å². The van der Waals surface area contributed by atoms with Crippen LogP contribution in [0.1, 0.15) is 28.8 Å². The molecule has 2 N–H and O–H groups in total. The lowest BCUT2D eigenvalue weighted by Crippen LogP contribution is -2.71. The second-order valence-electron chi connectivity index (χ2n) is 10.3. The molecule has 2 aromatic carbocycles. The van der Waals surface area contributed by atoms with Crippen LogP contribution in [-0.2, 0) is 10.2 Å². The van der Waals surface area contributed by atoms with E-state index in [9.17, 15) is 14.0 Å². The molecule has 7 nitrogen and oxygen atoms in total. The van der Waals surface area contributed by atoms with E-state index in [4.69, 9.17) is 16.3 Å². The molecule has 0 radical (unpaired) electrons. The minimum atomic E-state index is -0.551. The maximum absolute atomic E-state index is 14.6. The van der Waals surface area contributed by atoms with Crippen molar-refractivity contribution in [3.63, 3.8) is 0 Å². The Balaban J connectivity index is 1.00. The monoisotopic (exact) mass is 498 g/mol. The number of amides is 2. The first-order chi connectivity index (χ1) is 16.9. The maximum Gasteiger partial charge on any atom is 0.256 e. The number of likely N-dealkylation sites (tertiary alicyclic amines) is 2. The number of nitrogens with zero attached hydrogens (tertiary/aromatic N) is 2. The fourth-order valence-corrected chi connectivity index (χ4v) is 6.04. The highest BCUT2D eigenvalue weighted by atomic mass is 35.5. The van der Waals surface area contributed by atoms with Crippen LogP contribution in [0.15, 0.2) is 36.4 Å². The summed E-state index contributed by atoms with van der Waals surface area (Å²) in [6.45, 7) is 5.83. The quantitative estimate of drug-likeness (QED) is 0.663. The molecule has 0 unspecified atom stereocenters. The second-order valence-corrected chi connectivity index (χ2v) is 10.8. The summed E-state index contributed by atoms with van der Waals surface area (Å²) in [5, 5.41) is 6.87. The number of anilines is 1. The summed E-state index contributed by atoms with van der Waals surface area (Å²) in [7, 11) is 0. The van der Waals surface area contributed by atoms with Crippen LogP contribution >= 0.6 is 11.6 Å². The van der Waals surface area contributed by atoms with E-state index < -0.39 is 11.2 Å². The number of carbonyl (C=O) groups excluding carboxylic acids is 2. The molecular weight excluding hydrogens is 471 g/mol. The Bertz CT molecular complexity index is 1190. The van der Waals surface area contributed by atoms with Crippen LogP contribution < -0.4 is 15.4 Å². The van der Waals surface area contributed by atoms with E-state index in [1.165, 1.54) is 12.1 Å². The minimum absolute atomic E-state index is 0.0496. The van der Waals surface area contributed by atoms with Gasteiger partial charge in [-0.25, -0.2) is 4.39 Å². The van der Waals surface area contributed by atoms with E-state index in [1.54, 1.807) is 17.0 Å². The van der Waals surface area contributed by atoms with Gasteiger partial charge in [0.15, 0.2) is 0 Å². The van der Waals surface area contributed by atoms with Crippen LogP contribution in [0, 0.1) is 11.2 Å². The fourth-order valence-electron chi connectivity index (χ4n) is 5.87. The van der Waals surface area contributed by atoms with Gasteiger partial charge >= 0.3 is 0 Å². The minimum Gasteiger partial charge on any atom is -0.492 e. The third kappa shape index (κ3) is 3.88. The fraction of sp³-hybridized carbons (Fsp3) is 0.462. The maximum atomic E-state index is 14.6. The molecular formula is C26H28ClFN4O3. The number of ether oxygens (including phenoxy) is 1. The smallest absolute Gasteiger partial charge is 0.256 e. The average Bonchev–Trinajstić information content (AvgIpc) is 3.04. The van der Waals surface area contributed by atoms with Crippen molar-refractivity contribution in [1.82, 2.24) is 15.1 Å². The van der Waals surface area contributed by atoms with Gasteiger partial charge in [-0.05, 0) is 61.8 Å². The number of piperidine rings is 1. The molecule has 2 aromatic rings. The van der Waals surface area contributed by atoms with Crippen LogP contribution in [0.5, 0.6) is 5.75 Å². The molecule has 3 fully saturated rings. The largest absolute Gasteiger partial charge is 0.492 e. The van der Waals surface area contributed by atoms with Crippen molar-refractivity contribution in [3.8, 4) is 5.75 Å². The third-order valence-electron chi connectivity index (χ3n) is 8.08. The molecule has 0 aromatic heterocycles. The predicted molar refractivity (Wildman–Crippen MR) is 131 cm³/mol. The number of hydrogen-bond donors (Lipinski definition) is 2. The highest BCUT2D eigenvalue weighted by Gasteiger charge is 2.50. The summed E-state index contributed by atoms with van der Waals surface area (Å²) in [6, 6.07) is 10.0. The van der Waals surface area contributed by atoms with Gasteiger partial charge in [0.1, 0.15) is 18.2 Å². The van der Waals surface area contributed by atoms with Gasteiger partial charge in [-0.15, -0.1) is 0 Å². The molecule has 35 heavy (non-hydrogen) atoms. The van der Waals surface area contributed by atoms with Crippen molar-refractivity contribution in [1.29, 1.82) is 0 Å². The Hall–Kier alpha value is -2.68. The first-order valence-corrected chi connectivity index (χ1v) is 12.5. The first-order valence-electron chi connectivity index (χ1n) is 12.1. The number of nitrogens with one attached hydrogen (secondary N) is 2. The number of fused-ring (bicyclic) bond motifs is 2. The van der Waals surface area contributed by atoms with Crippen LogP contribution in [0.4, 0.5) is 10.1 Å². The normalized spacial score (nSPS) is 21.9. The van der Waals surface area contributed by atoms with Crippen molar-refractivity contribution < 1.29 is 18.7 Å². The number of carbonyl (C=O) groups is 2. The van der Waals surface area contributed by atoms with E-state index >= 15 is 0 Å². The molecule has 0 atom stereocenters. The number of halogens is 2. The molecule has 184 valence electrons. The van der Waals surface area contributed by atoms with Gasteiger partial charge in [0.25, 0.3) is 5.91 Å². The van der Waals surface area contributed by atoms with Gasteiger partial charge in [0.05, 0.1) is 11.0 Å². The van der Waals surface area contributed by atoms with Crippen LogP contribution in [-0.4, -0.2) is 74.0 Å². The Morgan fingerprint density at radius 3 is 2.57 bits per heavy atom. The molecule has 3 saturated heterocycles. The van der Waals surface area contributed by atoms with Gasteiger partial charge in [0.2, 0.25) is 5.91 Å². The topological polar surface area (TPSA) is 73.9 Å². The van der Waals surface area contributed by atoms with Gasteiger partial charge in [-0.2, -0.15) is 0 Å². The molecule has 0 aliphatic carbocycles.